The Morgan fingerprint density at radius 2 is 1.80 bits per heavy atom. The normalized spacial score (nSPS) is 12.9. The Bertz CT molecular complexity index is 236. The summed E-state index contributed by atoms with van der Waals surface area (Å²) in [4.78, 5) is 11.5. The molecule has 0 aliphatic heterocycles. The van der Waals surface area contributed by atoms with E-state index in [1.165, 1.54) is 0 Å². The van der Waals surface area contributed by atoms with Gasteiger partial charge in [0.25, 0.3) is 0 Å². The first-order valence-electron chi connectivity index (χ1n) is 5.28. The van der Waals surface area contributed by atoms with Crippen molar-refractivity contribution in [3.05, 3.63) is 12.2 Å². The average molecular weight is 213 g/mol. The lowest BCUT2D eigenvalue weighted by molar-refractivity contribution is 0.0473. The zero-order valence-electron chi connectivity index (χ0n) is 10.7. The molecule has 0 aromatic heterocycles. The highest BCUT2D eigenvalue weighted by molar-refractivity contribution is 5.68. The van der Waals surface area contributed by atoms with E-state index < -0.39 is 5.60 Å². The molecule has 0 bridgehead atoms. The van der Waals surface area contributed by atoms with Gasteiger partial charge >= 0.3 is 6.09 Å². The van der Waals surface area contributed by atoms with Gasteiger partial charge in [0.05, 0.1) is 0 Å². The van der Waals surface area contributed by atoms with E-state index in [0.29, 0.717) is 0 Å². The van der Waals surface area contributed by atoms with Gasteiger partial charge in [-0.1, -0.05) is 12.2 Å². The predicted octanol–water partition coefficient (Wildman–Crippen LogP) is 3.26. The summed E-state index contributed by atoms with van der Waals surface area (Å²) < 4.78 is 5.18. The Morgan fingerprint density at radius 1 is 1.27 bits per heavy atom. The maximum Gasteiger partial charge on any atom is 0.408 e. The minimum atomic E-state index is -0.444. The minimum Gasteiger partial charge on any atom is -0.444 e. The van der Waals surface area contributed by atoms with Crippen LogP contribution >= 0.6 is 0 Å². The zero-order chi connectivity index (χ0) is 12.1. The van der Waals surface area contributed by atoms with Crippen LogP contribution in [0.5, 0.6) is 0 Å². The molecule has 0 spiro atoms. The molecular weight excluding hydrogens is 190 g/mol. The molecule has 0 rings (SSSR count). The Balaban J connectivity index is 4.16. The third-order valence-corrected chi connectivity index (χ3v) is 1.70. The number of hydrogen-bond acceptors (Lipinski definition) is 2. The van der Waals surface area contributed by atoms with Gasteiger partial charge in [-0.15, -0.1) is 0 Å². The van der Waals surface area contributed by atoms with Crippen LogP contribution in [0, 0.1) is 0 Å². The van der Waals surface area contributed by atoms with E-state index in [2.05, 4.69) is 5.32 Å². The summed E-state index contributed by atoms with van der Waals surface area (Å²) in [5.74, 6) is 0. The van der Waals surface area contributed by atoms with E-state index >= 15 is 0 Å². The fraction of sp³-hybridized carbons (Fsp3) is 0.750. The van der Waals surface area contributed by atoms with Gasteiger partial charge in [-0.3, -0.25) is 0 Å². The van der Waals surface area contributed by atoms with Gasteiger partial charge in [0, 0.05) is 5.54 Å². The van der Waals surface area contributed by atoms with E-state index in [0.717, 1.165) is 6.42 Å². The molecule has 0 radical (unpaired) electrons. The maximum atomic E-state index is 11.5. The number of alkyl carbamates (subject to hydrolysis) is 1. The first-order chi connectivity index (χ1) is 6.66. The van der Waals surface area contributed by atoms with Crippen molar-refractivity contribution in [1.29, 1.82) is 0 Å². The van der Waals surface area contributed by atoms with Crippen LogP contribution in [0.4, 0.5) is 4.79 Å². The molecule has 3 nitrogen and oxygen atoms in total. The number of rotatable bonds is 3. The van der Waals surface area contributed by atoms with E-state index in [4.69, 9.17) is 4.74 Å². The molecule has 0 heterocycles. The fourth-order valence-corrected chi connectivity index (χ4v) is 1.04. The summed E-state index contributed by atoms with van der Waals surface area (Å²) in [6, 6.07) is 0. The van der Waals surface area contributed by atoms with Crippen molar-refractivity contribution < 1.29 is 9.53 Å². The Morgan fingerprint density at radius 3 is 2.20 bits per heavy atom. The molecule has 0 saturated carbocycles. The minimum absolute atomic E-state index is 0.269. The van der Waals surface area contributed by atoms with E-state index in [-0.39, 0.29) is 11.6 Å². The molecule has 0 fully saturated rings. The summed E-state index contributed by atoms with van der Waals surface area (Å²) in [6.45, 7) is 11.5. The smallest absolute Gasteiger partial charge is 0.408 e. The topological polar surface area (TPSA) is 38.3 Å². The molecule has 0 aliphatic rings. The fourth-order valence-electron chi connectivity index (χ4n) is 1.04. The molecule has 0 saturated heterocycles. The van der Waals surface area contributed by atoms with Gasteiger partial charge in [-0.2, -0.15) is 0 Å². The summed E-state index contributed by atoms with van der Waals surface area (Å²) in [5.41, 5.74) is -0.713. The lowest BCUT2D eigenvalue weighted by Gasteiger charge is -2.27. The number of ether oxygens (including phenoxy) is 1. The van der Waals surface area contributed by atoms with Crippen LogP contribution in [0.2, 0.25) is 0 Å². The second-order valence-corrected chi connectivity index (χ2v) is 5.28. The summed E-state index contributed by atoms with van der Waals surface area (Å²) in [6.07, 6.45) is 4.43. The van der Waals surface area contributed by atoms with Crippen LogP contribution < -0.4 is 5.32 Å². The molecule has 3 heteroatoms. The molecule has 0 aliphatic carbocycles. The molecule has 0 atom stereocenters. The van der Waals surface area contributed by atoms with E-state index in [1.807, 2.05) is 53.7 Å². The summed E-state index contributed by atoms with van der Waals surface area (Å²) in [7, 11) is 0. The van der Waals surface area contributed by atoms with Crippen LogP contribution in [0.1, 0.15) is 48.0 Å². The highest BCUT2D eigenvalue weighted by Crippen LogP contribution is 2.12. The zero-order valence-corrected chi connectivity index (χ0v) is 10.7. The molecular formula is C12H23NO2. The predicted molar refractivity (Wildman–Crippen MR) is 62.9 cm³/mol. The molecule has 0 aromatic carbocycles. The van der Waals surface area contributed by atoms with Crippen molar-refractivity contribution in [3.8, 4) is 0 Å². The second-order valence-electron chi connectivity index (χ2n) is 5.28. The largest absolute Gasteiger partial charge is 0.444 e. The van der Waals surface area contributed by atoms with Crippen molar-refractivity contribution in [2.24, 2.45) is 0 Å². The molecule has 88 valence electrons. The van der Waals surface area contributed by atoms with Gasteiger partial charge < -0.3 is 10.1 Å². The van der Waals surface area contributed by atoms with Gasteiger partial charge in [-0.05, 0) is 48.0 Å². The van der Waals surface area contributed by atoms with Gasteiger partial charge in [0.15, 0.2) is 0 Å². The van der Waals surface area contributed by atoms with Crippen molar-refractivity contribution in [2.45, 2.75) is 59.1 Å². The van der Waals surface area contributed by atoms with Crippen molar-refractivity contribution >= 4 is 6.09 Å². The van der Waals surface area contributed by atoms with Crippen LogP contribution in [0.3, 0.4) is 0 Å². The number of carbonyl (C=O) groups excluding carboxylic acids is 1. The highest BCUT2D eigenvalue weighted by atomic mass is 16.6. The summed E-state index contributed by atoms with van der Waals surface area (Å²) >= 11 is 0. The Kier molecular flexibility index (Phi) is 4.85. The van der Waals surface area contributed by atoms with Crippen molar-refractivity contribution in [3.63, 3.8) is 0 Å². The third kappa shape index (κ3) is 8.03. The summed E-state index contributed by atoms with van der Waals surface area (Å²) in [5, 5.41) is 2.84. The first kappa shape index (κ1) is 14.0. The molecule has 1 amide bonds. The van der Waals surface area contributed by atoms with Crippen molar-refractivity contribution in [2.75, 3.05) is 0 Å². The Hall–Kier alpha value is -0.990. The van der Waals surface area contributed by atoms with Crippen LogP contribution in [-0.4, -0.2) is 17.2 Å². The van der Waals surface area contributed by atoms with Crippen LogP contribution in [0.25, 0.3) is 0 Å². The third-order valence-electron chi connectivity index (χ3n) is 1.70. The van der Waals surface area contributed by atoms with Gasteiger partial charge in [0.1, 0.15) is 5.60 Å². The Labute approximate surface area is 92.9 Å². The molecule has 15 heavy (non-hydrogen) atoms. The highest BCUT2D eigenvalue weighted by Gasteiger charge is 2.23. The van der Waals surface area contributed by atoms with E-state index in [9.17, 15) is 4.79 Å². The molecule has 0 unspecified atom stereocenters. The number of amides is 1. The quantitative estimate of drug-likeness (QED) is 0.731. The molecule has 1 N–H and O–H groups in total. The standard InChI is InChI=1S/C12H23NO2/c1-7-8-9-12(5,6)13-10(14)15-11(2,3)4/h7-8H,9H2,1-6H3,(H,13,14)/b8-7+. The van der Waals surface area contributed by atoms with Crippen molar-refractivity contribution in [1.82, 2.24) is 5.32 Å². The maximum absolute atomic E-state index is 11.5. The SMILES string of the molecule is C/C=C/CC(C)(C)NC(=O)OC(C)(C)C. The van der Waals surface area contributed by atoms with Gasteiger partial charge in [0.2, 0.25) is 0 Å². The van der Waals surface area contributed by atoms with Crippen LogP contribution in [0.15, 0.2) is 12.2 Å². The van der Waals surface area contributed by atoms with E-state index in [1.54, 1.807) is 0 Å². The monoisotopic (exact) mass is 213 g/mol. The molecule has 0 aromatic rings. The first-order valence-corrected chi connectivity index (χ1v) is 5.28. The van der Waals surface area contributed by atoms with Gasteiger partial charge in [-0.25, -0.2) is 4.79 Å². The lowest BCUT2D eigenvalue weighted by Crippen LogP contribution is -2.45. The van der Waals surface area contributed by atoms with Crippen LogP contribution in [-0.2, 0) is 4.74 Å². The number of allylic oxidation sites excluding steroid dienone is 1. The number of hydrogen-bond donors (Lipinski definition) is 1. The lowest BCUT2D eigenvalue weighted by atomic mass is 10.0. The number of nitrogens with one attached hydrogen (secondary N) is 1. The average Bonchev–Trinajstić information content (AvgIpc) is 1.95. The number of carbonyl (C=O) groups is 1. The second kappa shape index (κ2) is 5.19.